The Morgan fingerprint density at radius 2 is 2.00 bits per heavy atom. The van der Waals surface area contributed by atoms with E-state index in [1.165, 1.54) is 0 Å². The second-order valence-corrected chi connectivity index (χ2v) is 3.09. The summed E-state index contributed by atoms with van der Waals surface area (Å²) >= 11 is 0. The Labute approximate surface area is 74.5 Å². The van der Waals surface area contributed by atoms with Gasteiger partial charge in [0.1, 0.15) is 5.76 Å². The van der Waals surface area contributed by atoms with Gasteiger partial charge in [0.2, 0.25) is 5.76 Å². The van der Waals surface area contributed by atoms with Gasteiger partial charge in [0.05, 0.1) is 0 Å². The van der Waals surface area contributed by atoms with Crippen LogP contribution in [0.25, 0.3) is 0 Å². The minimum Gasteiger partial charge on any atom is -0.502 e. The lowest BCUT2D eigenvalue weighted by molar-refractivity contribution is -0.135. The predicted molar refractivity (Wildman–Crippen MR) is 42.7 cm³/mol. The van der Waals surface area contributed by atoms with E-state index < -0.39 is 5.97 Å². The van der Waals surface area contributed by atoms with Gasteiger partial charge in [0, 0.05) is 17.6 Å². The molecule has 4 nitrogen and oxygen atoms in total. The van der Waals surface area contributed by atoms with E-state index >= 15 is 0 Å². The van der Waals surface area contributed by atoms with Crippen LogP contribution < -0.4 is 0 Å². The predicted octanol–water partition coefficient (Wildman–Crippen LogP) is 0.992. The first kappa shape index (κ1) is 8.04. The fourth-order valence-corrected chi connectivity index (χ4v) is 1.52. The maximum Gasteiger partial charge on any atom is 0.379 e. The number of aliphatic hydroxyl groups excluding tert-OH is 1. The summed E-state index contributed by atoms with van der Waals surface area (Å²) in [6.07, 6.45) is 0.731. The lowest BCUT2D eigenvalue weighted by Crippen LogP contribution is -2.10. The van der Waals surface area contributed by atoms with Gasteiger partial charge in [0.15, 0.2) is 5.78 Å². The van der Waals surface area contributed by atoms with Crippen LogP contribution in [0.2, 0.25) is 0 Å². The third kappa shape index (κ3) is 0.983. The van der Waals surface area contributed by atoms with Crippen molar-refractivity contribution in [2.75, 3.05) is 0 Å². The largest absolute Gasteiger partial charge is 0.502 e. The summed E-state index contributed by atoms with van der Waals surface area (Å²) in [4.78, 5) is 22.1. The van der Waals surface area contributed by atoms with Gasteiger partial charge in [-0.05, 0) is 13.3 Å². The molecule has 0 aromatic rings. The van der Waals surface area contributed by atoms with E-state index in [2.05, 4.69) is 0 Å². The molecule has 68 valence electrons. The average molecular weight is 180 g/mol. The Morgan fingerprint density at radius 3 is 2.69 bits per heavy atom. The van der Waals surface area contributed by atoms with Gasteiger partial charge in [-0.15, -0.1) is 0 Å². The van der Waals surface area contributed by atoms with E-state index in [9.17, 15) is 14.7 Å². The van der Waals surface area contributed by atoms with Crippen LogP contribution in [-0.4, -0.2) is 16.9 Å². The van der Waals surface area contributed by atoms with Crippen LogP contribution in [0, 0.1) is 0 Å². The number of carbonyl (C=O) groups is 2. The number of ketones is 1. The van der Waals surface area contributed by atoms with Crippen molar-refractivity contribution in [3.05, 3.63) is 22.7 Å². The minimum absolute atomic E-state index is 0.0266. The number of hydrogen-bond donors (Lipinski definition) is 1. The number of carbonyl (C=O) groups excluding carboxylic acids is 2. The highest BCUT2D eigenvalue weighted by Gasteiger charge is 2.35. The first-order chi connectivity index (χ1) is 6.11. The summed E-state index contributed by atoms with van der Waals surface area (Å²) in [5.74, 6) is -0.860. The van der Waals surface area contributed by atoms with Gasteiger partial charge in [-0.1, -0.05) is 0 Å². The van der Waals surface area contributed by atoms with E-state index in [-0.39, 0.29) is 17.3 Å². The maximum absolute atomic E-state index is 11.2. The van der Waals surface area contributed by atoms with E-state index in [0.29, 0.717) is 24.0 Å². The lowest BCUT2D eigenvalue weighted by Gasteiger charge is -2.12. The van der Waals surface area contributed by atoms with E-state index in [1.807, 2.05) is 0 Å². The molecule has 0 saturated carbocycles. The Morgan fingerprint density at radius 1 is 1.31 bits per heavy atom. The molecule has 1 N–H and O–H groups in total. The average Bonchev–Trinajstić information content (AvgIpc) is 2.38. The smallest absolute Gasteiger partial charge is 0.379 e. The van der Waals surface area contributed by atoms with Crippen LogP contribution in [0.15, 0.2) is 22.7 Å². The molecule has 0 radical (unpaired) electrons. The SMILES string of the molecule is CC1=C2OC(=O)C(O)=C2CCC1=O. The number of rotatable bonds is 0. The molecule has 2 aliphatic rings. The summed E-state index contributed by atoms with van der Waals surface area (Å²) in [7, 11) is 0. The van der Waals surface area contributed by atoms with E-state index in [1.54, 1.807) is 6.92 Å². The molecule has 0 saturated heterocycles. The Hall–Kier alpha value is -1.58. The fourth-order valence-electron chi connectivity index (χ4n) is 1.52. The van der Waals surface area contributed by atoms with Crippen LogP contribution >= 0.6 is 0 Å². The van der Waals surface area contributed by atoms with Crippen molar-refractivity contribution in [1.82, 2.24) is 0 Å². The first-order valence-electron chi connectivity index (χ1n) is 4.00. The topological polar surface area (TPSA) is 63.6 Å². The van der Waals surface area contributed by atoms with Crippen molar-refractivity contribution in [3.8, 4) is 0 Å². The molecule has 0 fully saturated rings. The molecule has 0 atom stereocenters. The summed E-state index contributed by atoms with van der Waals surface area (Å²) in [5, 5.41) is 9.26. The van der Waals surface area contributed by atoms with Crippen molar-refractivity contribution < 1.29 is 19.4 Å². The molecule has 0 bridgehead atoms. The summed E-state index contributed by atoms with van der Waals surface area (Å²) < 4.78 is 4.76. The molecule has 13 heavy (non-hydrogen) atoms. The molecular formula is C9H8O4. The summed E-state index contributed by atoms with van der Waals surface area (Å²) in [6.45, 7) is 1.60. The number of esters is 1. The number of fused-ring (bicyclic) bond motifs is 1. The van der Waals surface area contributed by atoms with Crippen LogP contribution in [-0.2, 0) is 14.3 Å². The zero-order chi connectivity index (χ0) is 9.59. The van der Waals surface area contributed by atoms with Crippen LogP contribution in [0.4, 0.5) is 0 Å². The fraction of sp³-hybridized carbons (Fsp3) is 0.333. The molecule has 0 spiro atoms. The molecule has 0 aromatic heterocycles. The molecule has 1 aliphatic heterocycles. The van der Waals surface area contributed by atoms with Crippen molar-refractivity contribution in [3.63, 3.8) is 0 Å². The van der Waals surface area contributed by atoms with Crippen molar-refractivity contribution >= 4 is 11.8 Å². The zero-order valence-electron chi connectivity index (χ0n) is 7.09. The second kappa shape index (κ2) is 2.45. The minimum atomic E-state index is -0.751. The lowest BCUT2D eigenvalue weighted by atomic mass is 9.93. The molecule has 0 unspecified atom stereocenters. The maximum atomic E-state index is 11.2. The van der Waals surface area contributed by atoms with Gasteiger partial charge in [-0.25, -0.2) is 4.79 Å². The van der Waals surface area contributed by atoms with Gasteiger partial charge in [-0.3, -0.25) is 4.79 Å². The standard InChI is InChI=1S/C9H8O4/c1-4-6(10)3-2-5-7(11)9(12)13-8(4)5/h11H,2-3H2,1H3. The van der Waals surface area contributed by atoms with Gasteiger partial charge >= 0.3 is 5.97 Å². The summed E-state index contributed by atoms with van der Waals surface area (Å²) in [6, 6.07) is 0. The number of Topliss-reactive ketones (excluding diaryl/α,β-unsaturated/α-hetero) is 1. The molecule has 1 aliphatic carbocycles. The van der Waals surface area contributed by atoms with Crippen molar-refractivity contribution in [2.45, 2.75) is 19.8 Å². The Balaban J connectivity index is 2.58. The van der Waals surface area contributed by atoms with E-state index in [4.69, 9.17) is 4.74 Å². The number of hydrogen-bond acceptors (Lipinski definition) is 4. The number of ether oxygens (including phenoxy) is 1. The molecule has 1 heterocycles. The first-order valence-corrected chi connectivity index (χ1v) is 4.00. The van der Waals surface area contributed by atoms with Crippen LogP contribution in [0.5, 0.6) is 0 Å². The third-order valence-corrected chi connectivity index (χ3v) is 2.31. The molecule has 0 amide bonds. The van der Waals surface area contributed by atoms with Gasteiger partial charge < -0.3 is 9.84 Å². The number of aliphatic hydroxyl groups is 1. The Bertz CT molecular complexity index is 373. The highest BCUT2D eigenvalue weighted by atomic mass is 16.6. The Kier molecular flexibility index (Phi) is 1.52. The molecule has 2 rings (SSSR count). The highest BCUT2D eigenvalue weighted by molar-refractivity contribution is 6.01. The van der Waals surface area contributed by atoms with Gasteiger partial charge in [0.25, 0.3) is 0 Å². The molecule has 0 aromatic carbocycles. The highest BCUT2D eigenvalue weighted by Crippen LogP contribution is 2.35. The van der Waals surface area contributed by atoms with Crippen molar-refractivity contribution in [2.24, 2.45) is 0 Å². The van der Waals surface area contributed by atoms with E-state index in [0.717, 1.165) is 0 Å². The van der Waals surface area contributed by atoms with Crippen molar-refractivity contribution in [1.29, 1.82) is 0 Å². The van der Waals surface area contributed by atoms with Crippen LogP contribution in [0.3, 0.4) is 0 Å². The third-order valence-electron chi connectivity index (χ3n) is 2.31. The summed E-state index contributed by atoms with van der Waals surface area (Å²) in [5.41, 5.74) is 0.903. The molecule has 4 heteroatoms. The second-order valence-electron chi connectivity index (χ2n) is 3.09. The quantitative estimate of drug-likeness (QED) is 0.564. The zero-order valence-corrected chi connectivity index (χ0v) is 7.09. The monoisotopic (exact) mass is 180 g/mol. The normalized spacial score (nSPS) is 22.2. The van der Waals surface area contributed by atoms with Gasteiger partial charge in [-0.2, -0.15) is 0 Å². The number of allylic oxidation sites excluding steroid dienone is 2. The van der Waals surface area contributed by atoms with Crippen LogP contribution in [0.1, 0.15) is 19.8 Å². The molecular weight excluding hydrogens is 172 g/mol.